The van der Waals surface area contributed by atoms with Crippen molar-refractivity contribution in [3.05, 3.63) is 236 Å². The maximum Gasteiger partial charge on any atom is 0.0462 e. The van der Waals surface area contributed by atoms with Crippen molar-refractivity contribution in [2.24, 2.45) is 0 Å². The maximum absolute atomic E-state index is 2.33. The molecule has 0 heterocycles. The zero-order valence-corrected chi connectivity index (χ0v) is 32.5. The minimum Gasteiger partial charge on any atom is -0.311 e. The minimum atomic E-state index is 0.977. The molecule has 8 rings (SSSR count). The van der Waals surface area contributed by atoms with Crippen LogP contribution in [0.2, 0.25) is 0 Å². The van der Waals surface area contributed by atoms with Gasteiger partial charge in [-0.25, -0.2) is 0 Å². The fourth-order valence-electron chi connectivity index (χ4n) is 7.36. The summed E-state index contributed by atoms with van der Waals surface area (Å²) in [5, 5.41) is 0. The first-order valence-corrected chi connectivity index (χ1v) is 19.8. The summed E-state index contributed by atoms with van der Waals surface area (Å²) in [4.78, 5) is 4.65. The van der Waals surface area contributed by atoms with Crippen LogP contribution in [0.15, 0.2) is 236 Å². The Labute approximate surface area is 338 Å². The number of allylic oxidation sites excluding steroid dienone is 3. The van der Waals surface area contributed by atoms with Gasteiger partial charge in [0, 0.05) is 34.1 Å². The summed E-state index contributed by atoms with van der Waals surface area (Å²) in [6, 6.07) is 76.0. The Bertz CT molecular complexity index is 2550. The van der Waals surface area contributed by atoms with E-state index in [0.717, 1.165) is 40.6 Å². The first-order valence-electron chi connectivity index (χ1n) is 19.8. The molecule has 0 aromatic heterocycles. The zero-order chi connectivity index (χ0) is 38.8. The molecule has 8 aromatic carbocycles. The number of rotatable bonds is 12. The fraction of sp³-hybridized carbons (Fsp3) is 0.0545. The second kappa shape index (κ2) is 17.5. The molecule has 0 aliphatic carbocycles. The van der Waals surface area contributed by atoms with Crippen molar-refractivity contribution in [2.75, 3.05) is 9.80 Å². The van der Waals surface area contributed by atoms with Gasteiger partial charge < -0.3 is 9.80 Å². The summed E-state index contributed by atoms with van der Waals surface area (Å²) in [6.45, 7) is 4.28. The van der Waals surface area contributed by atoms with E-state index in [1.165, 1.54) is 44.5 Å². The van der Waals surface area contributed by atoms with E-state index in [0.29, 0.717) is 0 Å². The van der Waals surface area contributed by atoms with E-state index >= 15 is 0 Å². The third-order valence-corrected chi connectivity index (χ3v) is 10.3. The molecule has 0 aliphatic rings. The number of benzene rings is 8. The maximum atomic E-state index is 2.33. The molecule has 0 N–H and O–H groups in total. The Kier molecular flexibility index (Phi) is 11.3. The predicted octanol–water partition coefficient (Wildman–Crippen LogP) is 15.8. The Balaban J connectivity index is 1.06. The fourth-order valence-corrected chi connectivity index (χ4v) is 7.36. The second-order valence-electron chi connectivity index (χ2n) is 14.0. The van der Waals surface area contributed by atoms with Crippen LogP contribution in [0, 0.1) is 0 Å². The Morgan fingerprint density at radius 1 is 0.368 bits per heavy atom. The first-order chi connectivity index (χ1) is 28.2. The third kappa shape index (κ3) is 8.42. The van der Waals surface area contributed by atoms with Gasteiger partial charge in [-0.1, -0.05) is 165 Å². The molecule has 0 unspecified atom stereocenters. The summed E-state index contributed by atoms with van der Waals surface area (Å²) in [5.74, 6) is 0. The number of hydrogen-bond acceptors (Lipinski definition) is 2. The molecule has 57 heavy (non-hydrogen) atoms. The Hall–Kier alpha value is -7.16. The summed E-state index contributed by atoms with van der Waals surface area (Å²) in [6.07, 6.45) is 7.59. The van der Waals surface area contributed by atoms with Crippen LogP contribution in [-0.4, -0.2) is 0 Å². The Morgan fingerprint density at radius 3 is 1.11 bits per heavy atom. The molecule has 0 radical (unpaired) electrons. The highest BCUT2D eigenvalue weighted by Gasteiger charge is 2.15. The molecular weight excluding hydrogens is 689 g/mol. The molecule has 2 heteroatoms. The topological polar surface area (TPSA) is 6.48 Å². The Morgan fingerprint density at radius 2 is 0.702 bits per heavy atom. The van der Waals surface area contributed by atoms with E-state index in [1.807, 2.05) is 0 Å². The molecule has 0 saturated heterocycles. The van der Waals surface area contributed by atoms with E-state index in [1.54, 1.807) is 0 Å². The first kappa shape index (κ1) is 36.8. The highest BCUT2D eigenvalue weighted by Crippen LogP contribution is 2.38. The van der Waals surface area contributed by atoms with Gasteiger partial charge in [-0.3, -0.25) is 0 Å². The van der Waals surface area contributed by atoms with Crippen molar-refractivity contribution in [1.82, 2.24) is 0 Å². The van der Waals surface area contributed by atoms with Gasteiger partial charge in [0.25, 0.3) is 0 Å². The SMILES string of the molecule is C/C=C(\C=C/CC)N(c1ccc(-c2ccccc2)cc1)c1ccc(-c2cccc(-c3ccc(N(c4ccccc4)c4ccc(-c5ccccc5)cc4)cc3)c2)cc1. The number of hydrogen-bond donors (Lipinski definition) is 0. The molecule has 8 aromatic rings. The van der Waals surface area contributed by atoms with Crippen LogP contribution in [0.4, 0.5) is 28.4 Å². The largest absolute Gasteiger partial charge is 0.311 e. The van der Waals surface area contributed by atoms with E-state index < -0.39 is 0 Å². The van der Waals surface area contributed by atoms with Crippen LogP contribution in [0.3, 0.4) is 0 Å². The molecule has 0 bridgehead atoms. The average molecular weight is 735 g/mol. The molecule has 0 spiro atoms. The lowest BCUT2D eigenvalue weighted by molar-refractivity contribution is 1.17. The van der Waals surface area contributed by atoms with Crippen molar-refractivity contribution in [3.8, 4) is 44.5 Å². The van der Waals surface area contributed by atoms with Gasteiger partial charge in [-0.15, -0.1) is 0 Å². The number of nitrogens with zero attached hydrogens (tertiary/aromatic N) is 2. The summed E-state index contributed by atoms with van der Waals surface area (Å²) in [5.41, 5.74) is 16.3. The normalized spacial score (nSPS) is 11.4. The van der Waals surface area contributed by atoms with Crippen molar-refractivity contribution < 1.29 is 0 Å². The molecular formula is C55H46N2. The lowest BCUT2D eigenvalue weighted by Crippen LogP contribution is -2.15. The molecule has 0 aliphatic heterocycles. The van der Waals surface area contributed by atoms with Crippen molar-refractivity contribution in [3.63, 3.8) is 0 Å². The van der Waals surface area contributed by atoms with Crippen molar-refractivity contribution in [2.45, 2.75) is 20.3 Å². The summed E-state index contributed by atoms with van der Waals surface area (Å²) in [7, 11) is 0. The highest BCUT2D eigenvalue weighted by molar-refractivity contribution is 5.81. The third-order valence-electron chi connectivity index (χ3n) is 10.3. The highest BCUT2D eigenvalue weighted by atomic mass is 15.1. The van der Waals surface area contributed by atoms with Gasteiger partial charge in [-0.05, 0) is 131 Å². The quantitative estimate of drug-likeness (QED) is 0.115. The van der Waals surface area contributed by atoms with Crippen LogP contribution >= 0.6 is 0 Å². The standard InChI is InChI=1S/C55H46N2/c1-3-5-22-50(4-2)56(52-33-25-44(26-34-52)42-16-9-6-10-17-42)53-37-29-46(30-38-53)48-20-15-21-49(41-48)47-31-39-55(40-32-47)57(51-23-13-8-14-24-51)54-35-27-45(28-36-54)43-18-11-7-12-19-43/h4-41H,3H2,1-2H3/b22-5-,50-4+. The van der Waals surface area contributed by atoms with Gasteiger partial charge in [-0.2, -0.15) is 0 Å². The van der Waals surface area contributed by atoms with E-state index in [4.69, 9.17) is 0 Å². The second-order valence-corrected chi connectivity index (χ2v) is 14.0. The van der Waals surface area contributed by atoms with Gasteiger partial charge >= 0.3 is 0 Å². The number of anilines is 5. The predicted molar refractivity (Wildman–Crippen MR) is 245 cm³/mol. The zero-order valence-electron chi connectivity index (χ0n) is 32.5. The van der Waals surface area contributed by atoms with Crippen LogP contribution in [-0.2, 0) is 0 Å². The lowest BCUT2D eigenvalue weighted by Gasteiger charge is -2.27. The van der Waals surface area contributed by atoms with E-state index in [9.17, 15) is 0 Å². The molecule has 0 amide bonds. The lowest BCUT2D eigenvalue weighted by atomic mass is 9.98. The molecule has 0 atom stereocenters. The van der Waals surface area contributed by atoms with Crippen LogP contribution in [0.1, 0.15) is 20.3 Å². The van der Waals surface area contributed by atoms with Gasteiger partial charge in [0.2, 0.25) is 0 Å². The van der Waals surface area contributed by atoms with Crippen LogP contribution in [0.25, 0.3) is 44.5 Å². The van der Waals surface area contributed by atoms with E-state index in [-0.39, 0.29) is 0 Å². The summed E-state index contributed by atoms with van der Waals surface area (Å²) >= 11 is 0. The van der Waals surface area contributed by atoms with Crippen molar-refractivity contribution >= 4 is 28.4 Å². The summed E-state index contributed by atoms with van der Waals surface area (Å²) < 4.78 is 0. The van der Waals surface area contributed by atoms with Gasteiger partial charge in [0.15, 0.2) is 0 Å². The average Bonchev–Trinajstić information content (AvgIpc) is 3.29. The van der Waals surface area contributed by atoms with Crippen molar-refractivity contribution in [1.29, 1.82) is 0 Å². The molecule has 2 nitrogen and oxygen atoms in total. The minimum absolute atomic E-state index is 0.977. The molecule has 276 valence electrons. The van der Waals surface area contributed by atoms with Gasteiger partial charge in [0.05, 0.1) is 0 Å². The smallest absolute Gasteiger partial charge is 0.0462 e. The molecule has 0 saturated carbocycles. The van der Waals surface area contributed by atoms with Gasteiger partial charge in [0.1, 0.15) is 0 Å². The van der Waals surface area contributed by atoms with Crippen LogP contribution < -0.4 is 9.80 Å². The van der Waals surface area contributed by atoms with E-state index in [2.05, 4.69) is 254 Å². The van der Waals surface area contributed by atoms with Crippen LogP contribution in [0.5, 0.6) is 0 Å². The molecule has 0 fully saturated rings. The monoisotopic (exact) mass is 734 g/mol. The number of para-hydroxylation sites is 1.